The number of nitrogens with one attached hydrogen (secondary N) is 1. The molecule has 0 saturated carbocycles. The number of esters is 1. The van der Waals surface area contributed by atoms with Crippen LogP contribution >= 0.6 is 15.9 Å². The van der Waals surface area contributed by atoms with Crippen molar-refractivity contribution in [1.82, 2.24) is 0 Å². The highest BCUT2D eigenvalue weighted by Crippen LogP contribution is 2.33. The number of methoxy groups -OCH3 is 1. The third-order valence-corrected chi connectivity index (χ3v) is 4.01. The molecule has 2 rings (SSSR count). The summed E-state index contributed by atoms with van der Waals surface area (Å²) in [7, 11) is 1.35. The van der Waals surface area contributed by atoms with Crippen LogP contribution in [0.3, 0.4) is 0 Å². The van der Waals surface area contributed by atoms with E-state index in [0.717, 1.165) is 15.7 Å². The van der Waals surface area contributed by atoms with Crippen molar-refractivity contribution in [3.8, 4) is 0 Å². The monoisotopic (exact) mass is 334 g/mol. The summed E-state index contributed by atoms with van der Waals surface area (Å²) in [6, 6.07) is 11.0. The molecule has 0 aliphatic heterocycles. The summed E-state index contributed by atoms with van der Waals surface area (Å²) in [6.07, 6.45) is 0. The fourth-order valence-electron chi connectivity index (χ4n) is 1.87. The number of anilines is 3. The molecular formula is C15H15BrN2O2. The number of para-hydroxylation sites is 1. The normalized spacial score (nSPS) is 10.2. The van der Waals surface area contributed by atoms with Crippen LogP contribution < -0.4 is 11.1 Å². The van der Waals surface area contributed by atoms with Crippen LogP contribution in [-0.2, 0) is 4.74 Å². The molecule has 0 heterocycles. The molecule has 0 unspecified atom stereocenters. The van der Waals surface area contributed by atoms with Gasteiger partial charge in [0.2, 0.25) is 0 Å². The summed E-state index contributed by atoms with van der Waals surface area (Å²) < 4.78 is 5.71. The maximum Gasteiger partial charge on any atom is 0.340 e. The number of hydrogen-bond acceptors (Lipinski definition) is 4. The molecule has 0 atom stereocenters. The predicted molar refractivity (Wildman–Crippen MR) is 84.4 cm³/mol. The van der Waals surface area contributed by atoms with E-state index in [-0.39, 0.29) is 0 Å². The molecule has 0 amide bonds. The van der Waals surface area contributed by atoms with Crippen molar-refractivity contribution in [2.24, 2.45) is 0 Å². The second kappa shape index (κ2) is 5.96. The van der Waals surface area contributed by atoms with Crippen LogP contribution in [0.5, 0.6) is 0 Å². The van der Waals surface area contributed by atoms with Crippen LogP contribution in [0.4, 0.5) is 17.1 Å². The predicted octanol–water partition coefficient (Wildman–Crippen LogP) is 3.87. The molecule has 0 aliphatic carbocycles. The van der Waals surface area contributed by atoms with Gasteiger partial charge in [0.15, 0.2) is 0 Å². The SMILES string of the molecule is COC(=O)c1cccc(N)c1Nc1cccc(C)c1Br. The van der Waals surface area contributed by atoms with Crippen molar-refractivity contribution in [2.45, 2.75) is 6.92 Å². The number of benzene rings is 2. The summed E-state index contributed by atoms with van der Waals surface area (Å²) in [4.78, 5) is 11.8. The highest BCUT2D eigenvalue weighted by atomic mass is 79.9. The minimum Gasteiger partial charge on any atom is -0.465 e. The molecule has 104 valence electrons. The zero-order chi connectivity index (χ0) is 14.7. The molecule has 5 heteroatoms. The zero-order valence-corrected chi connectivity index (χ0v) is 12.8. The highest BCUT2D eigenvalue weighted by molar-refractivity contribution is 9.10. The molecule has 2 aromatic carbocycles. The van der Waals surface area contributed by atoms with Gasteiger partial charge in [0.05, 0.1) is 29.7 Å². The second-order valence-corrected chi connectivity index (χ2v) is 5.12. The van der Waals surface area contributed by atoms with Gasteiger partial charge in [0.1, 0.15) is 0 Å². The number of aryl methyl sites for hydroxylation is 1. The van der Waals surface area contributed by atoms with Crippen molar-refractivity contribution in [1.29, 1.82) is 0 Å². The number of hydrogen-bond donors (Lipinski definition) is 2. The summed E-state index contributed by atoms with van der Waals surface area (Å²) in [6.45, 7) is 1.99. The molecule has 0 aliphatic rings. The Labute approximate surface area is 126 Å². The quantitative estimate of drug-likeness (QED) is 0.660. The van der Waals surface area contributed by atoms with E-state index >= 15 is 0 Å². The summed E-state index contributed by atoms with van der Waals surface area (Å²) in [5, 5.41) is 3.19. The molecule has 0 radical (unpaired) electrons. The minimum atomic E-state index is -0.427. The molecule has 3 N–H and O–H groups in total. The van der Waals surface area contributed by atoms with E-state index in [1.807, 2.05) is 25.1 Å². The number of rotatable bonds is 3. The third-order valence-electron chi connectivity index (χ3n) is 2.95. The lowest BCUT2D eigenvalue weighted by Gasteiger charge is -2.15. The Morgan fingerprint density at radius 3 is 2.65 bits per heavy atom. The van der Waals surface area contributed by atoms with Crippen molar-refractivity contribution in [3.63, 3.8) is 0 Å². The number of carbonyl (C=O) groups excluding carboxylic acids is 1. The van der Waals surface area contributed by atoms with E-state index in [2.05, 4.69) is 21.2 Å². The van der Waals surface area contributed by atoms with Gasteiger partial charge in [-0.15, -0.1) is 0 Å². The third kappa shape index (κ3) is 2.77. The topological polar surface area (TPSA) is 64.3 Å². The smallest absolute Gasteiger partial charge is 0.340 e. The van der Waals surface area contributed by atoms with Crippen molar-refractivity contribution in [3.05, 3.63) is 52.0 Å². The second-order valence-electron chi connectivity index (χ2n) is 4.32. The van der Waals surface area contributed by atoms with Crippen LogP contribution in [0.15, 0.2) is 40.9 Å². The van der Waals surface area contributed by atoms with Crippen molar-refractivity contribution < 1.29 is 9.53 Å². The molecule has 4 nitrogen and oxygen atoms in total. The van der Waals surface area contributed by atoms with Crippen molar-refractivity contribution >= 4 is 39.0 Å². The van der Waals surface area contributed by atoms with E-state index < -0.39 is 5.97 Å². The number of ether oxygens (including phenoxy) is 1. The van der Waals surface area contributed by atoms with Gasteiger partial charge in [-0.05, 0) is 46.6 Å². The van der Waals surface area contributed by atoms with E-state index in [0.29, 0.717) is 16.9 Å². The molecule has 20 heavy (non-hydrogen) atoms. The Balaban J connectivity index is 2.48. The average molecular weight is 335 g/mol. The Morgan fingerprint density at radius 1 is 1.25 bits per heavy atom. The fourth-order valence-corrected chi connectivity index (χ4v) is 2.23. The summed E-state index contributed by atoms with van der Waals surface area (Å²) in [5.41, 5.74) is 9.33. The molecule has 0 fully saturated rings. The molecule has 0 spiro atoms. The lowest BCUT2D eigenvalue weighted by molar-refractivity contribution is 0.0602. The van der Waals surface area contributed by atoms with E-state index in [4.69, 9.17) is 10.5 Å². The van der Waals surface area contributed by atoms with Crippen LogP contribution in [0.1, 0.15) is 15.9 Å². The molecule has 2 aromatic rings. The number of nitrogen functional groups attached to an aromatic ring is 1. The molecule has 0 saturated heterocycles. The maximum absolute atomic E-state index is 11.8. The van der Waals surface area contributed by atoms with Gasteiger partial charge in [0.25, 0.3) is 0 Å². The van der Waals surface area contributed by atoms with Gasteiger partial charge < -0.3 is 15.8 Å². The first-order valence-corrected chi connectivity index (χ1v) is 6.83. The Hall–Kier alpha value is -2.01. The fraction of sp³-hybridized carbons (Fsp3) is 0.133. The Morgan fingerprint density at radius 2 is 1.95 bits per heavy atom. The molecule has 0 bridgehead atoms. The lowest BCUT2D eigenvalue weighted by Crippen LogP contribution is -2.08. The standard InChI is InChI=1S/C15H15BrN2O2/c1-9-5-3-8-12(13(9)16)18-14-10(15(19)20-2)6-4-7-11(14)17/h3-8,18H,17H2,1-2H3. The lowest BCUT2D eigenvalue weighted by atomic mass is 10.1. The highest BCUT2D eigenvalue weighted by Gasteiger charge is 2.15. The van der Waals surface area contributed by atoms with Crippen LogP contribution in [0, 0.1) is 6.92 Å². The van der Waals surface area contributed by atoms with Crippen molar-refractivity contribution in [2.75, 3.05) is 18.2 Å². The van der Waals surface area contributed by atoms with Crippen LogP contribution in [0.25, 0.3) is 0 Å². The van der Waals surface area contributed by atoms with Crippen LogP contribution in [-0.4, -0.2) is 13.1 Å². The van der Waals surface area contributed by atoms with Gasteiger partial charge in [-0.3, -0.25) is 0 Å². The molecular weight excluding hydrogens is 320 g/mol. The largest absolute Gasteiger partial charge is 0.465 e. The van der Waals surface area contributed by atoms with Gasteiger partial charge in [0, 0.05) is 4.47 Å². The van der Waals surface area contributed by atoms with Gasteiger partial charge >= 0.3 is 5.97 Å². The first-order valence-electron chi connectivity index (χ1n) is 6.03. The van der Waals surface area contributed by atoms with Crippen LogP contribution in [0.2, 0.25) is 0 Å². The number of halogens is 1. The van der Waals surface area contributed by atoms with E-state index in [1.165, 1.54) is 7.11 Å². The van der Waals surface area contributed by atoms with Gasteiger partial charge in [-0.25, -0.2) is 4.79 Å². The van der Waals surface area contributed by atoms with Gasteiger partial charge in [-0.1, -0.05) is 18.2 Å². The molecule has 0 aromatic heterocycles. The average Bonchev–Trinajstić information content (AvgIpc) is 2.45. The number of nitrogens with two attached hydrogens (primary N) is 1. The minimum absolute atomic E-state index is 0.404. The summed E-state index contributed by atoms with van der Waals surface area (Å²) >= 11 is 3.52. The zero-order valence-electron chi connectivity index (χ0n) is 11.2. The van der Waals surface area contributed by atoms with E-state index in [1.54, 1.807) is 18.2 Å². The maximum atomic E-state index is 11.8. The Bertz CT molecular complexity index is 656. The number of carbonyl (C=O) groups is 1. The first kappa shape index (κ1) is 14.4. The first-order chi connectivity index (χ1) is 9.54. The van der Waals surface area contributed by atoms with E-state index in [9.17, 15) is 4.79 Å². The van der Waals surface area contributed by atoms with Gasteiger partial charge in [-0.2, -0.15) is 0 Å². The summed E-state index contributed by atoms with van der Waals surface area (Å²) in [5.74, 6) is -0.427. The Kier molecular flexibility index (Phi) is 4.29.